The molecular weight excluding hydrogens is 382 g/mol. The molecule has 0 bridgehead atoms. The maximum atomic E-state index is 12.6. The smallest absolute Gasteiger partial charge is 0.252 e. The van der Waals surface area contributed by atoms with Crippen LogP contribution >= 0.6 is 22.9 Å². The van der Waals surface area contributed by atoms with Crippen LogP contribution in [0.2, 0.25) is 4.34 Å². The second kappa shape index (κ2) is 8.35. The van der Waals surface area contributed by atoms with E-state index in [0.29, 0.717) is 37.1 Å². The Hall–Kier alpha value is -0.670. The van der Waals surface area contributed by atoms with Crippen LogP contribution < -0.4 is 0 Å². The number of thiophene rings is 1. The van der Waals surface area contributed by atoms with Crippen LogP contribution in [-0.4, -0.2) is 74.2 Å². The van der Waals surface area contributed by atoms with E-state index in [1.165, 1.54) is 17.1 Å². The average Bonchev–Trinajstić information content (AvgIpc) is 2.86. The summed E-state index contributed by atoms with van der Waals surface area (Å²) in [4.78, 5) is 16.5. The molecule has 9 heteroatoms. The molecule has 6 nitrogen and oxygen atoms in total. The van der Waals surface area contributed by atoms with Crippen LogP contribution in [-0.2, 0) is 14.8 Å². The fraction of sp³-hybridized carbons (Fsp3) is 0.688. The number of halogens is 1. The highest BCUT2D eigenvalue weighted by atomic mass is 35.5. The standard InChI is InChI=1S/C16H24ClN3O3S2/c17-14-5-6-16(24-14)25(22,23)20-11-9-18(10-12-20)13-15(21)19-7-3-1-2-4-8-19/h5-6H,1-4,7-13H2. The Kier molecular flexibility index (Phi) is 6.38. The highest BCUT2D eigenvalue weighted by Crippen LogP contribution is 2.28. The van der Waals surface area contributed by atoms with Gasteiger partial charge in [-0.2, -0.15) is 4.31 Å². The van der Waals surface area contributed by atoms with Gasteiger partial charge in [-0.05, 0) is 25.0 Å². The van der Waals surface area contributed by atoms with Gasteiger partial charge in [0, 0.05) is 39.3 Å². The third-order valence-corrected chi connectivity index (χ3v) is 8.39. The predicted octanol–water partition coefficient (Wildman–Crippen LogP) is 2.11. The molecular formula is C16H24ClN3O3S2. The predicted molar refractivity (Wildman–Crippen MR) is 99.6 cm³/mol. The second-order valence-corrected chi connectivity index (χ2v) is 10.4. The van der Waals surface area contributed by atoms with Gasteiger partial charge in [-0.3, -0.25) is 9.69 Å². The summed E-state index contributed by atoms with van der Waals surface area (Å²) in [7, 11) is -3.47. The van der Waals surface area contributed by atoms with Gasteiger partial charge in [0.25, 0.3) is 10.0 Å². The Labute approximate surface area is 158 Å². The van der Waals surface area contributed by atoms with Crippen molar-refractivity contribution in [1.29, 1.82) is 0 Å². The molecule has 2 fully saturated rings. The topological polar surface area (TPSA) is 60.9 Å². The molecule has 2 saturated heterocycles. The number of hydrogen-bond acceptors (Lipinski definition) is 5. The maximum Gasteiger partial charge on any atom is 0.252 e. The number of rotatable bonds is 4. The van der Waals surface area contributed by atoms with Crippen molar-refractivity contribution in [1.82, 2.24) is 14.1 Å². The van der Waals surface area contributed by atoms with Crippen LogP contribution in [0.1, 0.15) is 25.7 Å². The van der Waals surface area contributed by atoms with Crippen molar-refractivity contribution in [2.45, 2.75) is 29.9 Å². The van der Waals surface area contributed by atoms with E-state index in [9.17, 15) is 13.2 Å². The van der Waals surface area contributed by atoms with Gasteiger partial charge in [0.15, 0.2) is 0 Å². The van der Waals surface area contributed by atoms with E-state index >= 15 is 0 Å². The molecule has 2 aliphatic heterocycles. The molecule has 2 aliphatic rings. The molecule has 0 atom stereocenters. The van der Waals surface area contributed by atoms with Gasteiger partial charge in [-0.25, -0.2) is 8.42 Å². The molecule has 3 heterocycles. The van der Waals surface area contributed by atoms with Crippen LogP contribution in [0.4, 0.5) is 0 Å². The summed E-state index contributed by atoms with van der Waals surface area (Å²) in [6.45, 7) is 4.07. The van der Waals surface area contributed by atoms with E-state index < -0.39 is 10.0 Å². The first-order chi connectivity index (χ1) is 12.0. The summed E-state index contributed by atoms with van der Waals surface area (Å²) < 4.78 is 27.4. The van der Waals surface area contributed by atoms with Gasteiger partial charge < -0.3 is 4.90 Å². The quantitative estimate of drug-likeness (QED) is 0.769. The highest BCUT2D eigenvalue weighted by Gasteiger charge is 2.30. The lowest BCUT2D eigenvalue weighted by Gasteiger charge is -2.34. The first-order valence-corrected chi connectivity index (χ1v) is 11.4. The fourth-order valence-corrected chi connectivity index (χ4v) is 6.36. The lowest BCUT2D eigenvalue weighted by molar-refractivity contribution is -0.132. The normalized spacial score (nSPS) is 21.2. The van der Waals surface area contributed by atoms with Crippen LogP contribution in [0.3, 0.4) is 0 Å². The van der Waals surface area contributed by atoms with E-state index in [-0.39, 0.29) is 10.1 Å². The third-order valence-electron chi connectivity index (χ3n) is 4.79. The molecule has 0 spiro atoms. The molecule has 1 amide bonds. The first-order valence-electron chi connectivity index (χ1n) is 8.72. The Morgan fingerprint density at radius 3 is 2.20 bits per heavy atom. The molecule has 0 aromatic carbocycles. The van der Waals surface area contributed by atoms with Crippen LogP contribution in [0.15, 0.2) is 16.3 Å². The summed E-state index contributed by atoms with van der Waals surface area (Å²) in [6.07, 6.45) is 4.57. The highest BCUT2D eigenvalue weighted by molar-refractivity contribution is 7.91. The molecule has 0 saturated carbocycles. The van der Waals surface area contributed by atoms with Gasteiger partial charge in [0.2, 0.25) is 5.91 Å². The SMILES string of the molecule is O=C(CN1CCN(S(=O)(=O)c2ccc(Cl)s2)CC1)N1CCCCCC1. The number of likely N-dealkylation sites (tertiary alicyclic amines) is 1. The van der Waals surface area contributed by atoms with Crippen molar-refractivity contribution < 1.29 is 13.2 Å². The van der Waals surface area contributed by atoms with E-state index in [4.69, 9.17) is 11.6 Å². The van der Waals surface area contributed by atoms with Crippen LogP contribution in [0, 0.1) is 0 Å². The number of nitrogens with zero attached hydrogens (tertiary/aromatic N) is 3. The van der Waals surface area contributed by atoms with Gasteiger partial charge in [-0.1, -0.05) is 24.4 Å². The summed E-state index contributed by atoms with van der Waals surface area (Å²) in [5.74, 6) is 0.170. The molecule has 1 aromatic heterocycles. The van der Waals surface area contributed by atoms with E-state index in [1.54, 1.807) is 12.1 Å². The summed E-state index contributed by atoms with van der Waals surface area (Å²) in [5.41, 5.74) is 0. The van der Waals surface area contributed by atoms with Crippen molar-refractivity contribution in [3.05, 3.63) is 16.5 Å². The molecule has 0 aliphatic carbocycles. The number of sulfonamides is 1. The van der Waals surface area contributed by atoms with Crippen molar-refractivity contribution in [2.75, 3.05) is 45.8 Å². The van der Waals surface area contributed by atoms with Crippen molar-refractivity contribution in [2.24, 2.45) is 0 Å². The van der Waals surface area contributed by atoms with Crippen molar-refractivity contribution >= 4 is 38.9 Å². The van der Waals surface area contributed by atoms with E-state index in [1.807, 2.05) is 4.90 Å². The zero-order valence-corrected chi connectivity index (χ0v) is 16.6. The third kappa shape index (κ3) is 4.74. The number of carbonyl (C=O) groups excluding carboxylic acids is 1. The average molecular weight is 406 g/mol. The zero-order chi connectivity index (χ0) is 17.9. The number of hydrogen-bond donors (Lipinski definition) is 0. The molecule has 25 heavy (non-hydrogen) atoms. The van der Waals surface area contributed by atoms with Crippen molar-refractivity contribution in [3.8, 4) is 0 Å². The maximum absolute atomic E-state index is 12.6. The molecule has 3 rings (SSSR count). The van der Waals surface area contributed by atoms with Crippen LogP contribution in [0.5, 0.6) is 0 Å². The Balaban J connectivity index is 1.52. The lowest BCUT2D eigenvalue weighted by atomic mass is 10.2. The molecule has 0 radical (unpaired) electrons. The summed E-state index contributed by atoms with van der Waals surface area (Å²) >= 11 is 6.94. The summed E-state index contributed by atoms with van der Waals surface area (Å²) in [5, 5.41) is 0. The molecule has 0 N–H and O–H groups in total. The second-order valence-electron chi connectivity index (χ2n) is 6.53. The number of carbonyl (C=O) groups is 1. The first kappa shape index (κ1) is 19.1. The largest absolute Gasteiger partial charge is 0.342 e. The van der Waals surface area contributed by atoms with E-state index in [2.05, 4.69) is 4.90 Å². The Morgan fingerprint density at radius 2 is 1.64 bits per heavy atom. The minimum absolute atomic E-state index is 0.170. The number of piperazine rings is 1. The number of amides is 1. The Bertz CT molecular complexity index is 691. The van der Waals surface area contributed by atoms with Gasteiger partial charge in [-0.15, -0.1) is 11.3 Å². The minimum atomic E-state index is -3.47. The zero-order valence-electron chi connectivity index (χ0n) is 14.2. The van der Waals surface area contributed by atoms with E-state index in [0.717, 1.165) is 37.3 Å². The van der Waals surface area contributed by atoms with Gasteiger partial charge in [0.1, 0.15) is 4.21 Å². The monoisotopic (exact) mass is 405 g/mol. The molecule has 1 aromatic rings. The fourth-order valence-electron chi connectivity index (χ4n) is 3.30. The Morgan fingerprint density at radius 1 is 1.00 bits per heavy atom. The van der Waals surface area contributed by atoms with Gasteiger partial charge >= 0.3 is 0 Å². The molecule has 0 unspecified atom stereocenters. The lowest BCUT2D eigenvalue weighted by Crippen LogP contribution is -2.51. The summed E-state index contributed by atoms with van der Waals surface area (Å²) in [6, 6.07) is 3.16. The minimum Gasteiger partial charge on any atom is -0.342 e. The van der Waals surface area contributed by atoms with Crippen LogP contribution in [0.25, 0.3) is 0 Å². The van der Waals surface area contributed by atoms with Crippen molar-refractivity contribution in [3.63, 3.8) is 0 Å². The molecule has 140 valence electrons. The van der Waals surface area contributed by atoms with Gasteiger partial charge in [0.05, 0.1) is 10.9 Å².